The molecule has 1 heterocycles. The SMILES string of the molecule is CC(NC(=O)C[C@@H](O)C[C@@H](O)/C=C/c1c(-c2ccc(F)cc2)c2ccccc2n1C(C)C)C(=O)O. The summed E-state index contributed by atoms with van der Waals surface area (Å²) in [4.78, 5) is 22.8. The molecule has 0 saturated carbocycles. The predicted molar refractivity (Wildman–Crippen MR) is 133 cm³/mol. The van der Waals surface area contributed by atoms with Crippen molar-refractivity contribution < 1.29 is 29.3 Å². The van der Waals surface area contributed by atoms with Crippen LogP contribution in [0.25, 0.3) is 28.1 Å². The number of aromatic nitrogens is 1. The minimum absolute atomic E-state index is 0.0939. The second kappa shape index (κ2) is 11.3. The van der Waals surface area contributed by atoms with E-state index in [9.17, 15) is 24.2 Å². The summed E-state index contributed by atoms with van der Waals surface area (Å²) < 4.78 is 15.7. The fourth-order valence-corrected chi connectivity index (χ4v) is 4.14. The smallest absolute Gasteiger partial charge is 0.325 e. The van der Waals surface area contributed by atoms with E-state index < -0.39 is 30.1 Å². The molecule has 4 N–H and O–H groups in total. The molecule has 1 amide bonds. The Morgan fingerprint density at radius 3 is 2.34 bits per heavy atom. The lowest BCUT2D eigenvalue weighted by Crippen LogP contribution is -2.39. The molecule has 1 unspecified atom stereocenters. The number of rotatable bonds is 10. The number of carboxylic acid groups (broad SMARTS) is 1. The van der Waals surface area contributed by atoms with Gasteiger partial charge in [0.25, 0.3) is 0 Å². The monoisotopic (exact) mass is 482 g/mol. The fourth-order valence-electron chi connectivity index (χ4n) is 4.14. The molecule has 0 saturated heterocycles. The molecule has 3 rings (SSSR count). The number of fused-ring (bicyclic) bond motifs is 1. The number of carbonyl (C=O) groups is 2. The van der Waals surface area contributed by atoms with Crippen molar-refractivity contribution in [2.24, 2.45) is 0 Å². The molecule has 2 aromatic carbocycles. The highest BCUT2D eigenvalue weighted by Gasteiger charge is 2.20. The van der Waals surface area contributed by atoms with Gasteiger partial charge in [-0.2, -0.15) is 0 Å². The number of nitrogens with zero attached hydrogens (tertiary/aromatic N) is 1. The minimum Gasteiger partial charge on any atom is -0.480 e. The summed E-state index contributed by atoms with van der Waals surface area (Å²) in [5, 5.41) is 32.9. The number of benzene rings is 2. The molecule has 3 aromatic rings. The summed E-state index contributed by atoms with van der Waals surface area (Å²) in [6.45, 7) is 5.43. The van der Waals surface area contributed by atoms with Crippen LogP contribution in [-0.4, -0.2) is 50.0 Å². The summed E-state index contributed by atoms with van der Waals surface area (Å²) in [6, 6.07) is 13.2. The Hall–Kier alpha value is -3.49. The van der Waals surface area contributed by atoms with E-state index in [0.29, 0.717) is 0 Å². The van der Waals surface area contributed by atoms with E-state index >= 15 is 0 Å². The molecule has 0 aliphatic rings. The van der Waals surface area contributed by atoms with E-state index in [2.05, 4.69) is 23.7 Å². The average Bonchev–Trinajstić information content (AvgIpc) is 3.12. The molecule has 186 valence electrons. The maximum atomic E-state index is 13.6. The van der Waals surface area contributed by atoms with Crippen molar-refractivity contribution in [3.8, 4) is 11.1 Å². The number of amides is 1. The largest absolute Gasteiger partial charge is 0.480 e. The lowest BCUT2D eigenvalue weighted by Gasteiger charge is -2.16. The van der Waals surface area contributed by atoms with Gasteiger partial charge in [0.1, 0.15) is 11.9 Å². The van der Waals surface area contributed by atoms with E-state index in [1.165, 1.54) is 19.1 Å². The molecule has 0 radical (unpaired) electrons. The number of aliphatic carboxylic acids is 1. The normalized spacial score (nSPS) is 14.4. The quantitative estimate of drug-likeness (QED) is 0.347. The zero-order chi connectivity index (χ0) is 25.7. The third-order valence-electron chi connectivity index (χ3n) is 5.76. The van der Waals surface area contributed by atoms with Crippen LogP contribution in [0.5, 0.6) is 0 Å². The van der Waals surface area contributed by atoms with Gasteiger partial charge >= 0.3 is 5.97 Å². The van der Waals surface area contributed by atoms with Crippen LogP contribution in [-0.2, 0) is 9.59 Å². The van der Waals surface area contributed by atoms with Crippen LogP contribution < -0.4 is 5.32 Å². The molecule has 1 aromatic heterocycles. The molecule has 35 heavy (non-hydrogen) atoms. The Kier molecular flexibility index (Phi) is 8.43. The second-order valence-electron chi connectivity index (χ2n) is 8.90. The average molecular weight is 483 g/mol. The Morgan fingerprint density at radius 2 is 1.71 bits per heavy atom. The molecule has 0 aliphatic heterocycles. The van der Waals surface area contributed by atoms with Crippen molar-refractivity contribution in [2.45, 2.75) is 57.9 Å². The number of hydrogen-bond donors (Lipinski definition) is 4. The number of para-hydroxylation sites is 1. The van der Waals surface area contributed by atoms with Crippen LogP contribution >= 0.6 is 0 Å². The van der Waals surface area contributed by atoms with Crippen LogP contribution in [0.2, 0.25) is 0 Å². The highest BCUT2D eigenvalue weighted by molar-refractivity contribution is 6.01. The maximum absolute atomic E-state index is 13.6. The van der Waals surface area contributed by atoms with Crippen molar-refractivity contribution in [3.05, 3.63) is 66.1 Å². The third-order valence-corrected chi connectivity index (χ3v) is 5.76. The van der Waals surface area contributed by atoms with Gasteiger partial charge in [-0.15, -0.1) is 0 Å². The van der Waals surface area contributed by atoms with Gasteiger partial charge < -0.3 is 25.2 Å². The van der Waals surface area contributed by atoms with E-state index in [1.807, 2.05) is 24.3 Å². The lowest BCUT2D eigenvalue weighted by molar-refractivity contribution is -0.141. The Balaban J connectivity index is 1.87. The van der Waals surface area contributed by atoms with Gasteiger partial charge in [-0.1, -0.05) is 36.4 Å². The molecule has 0 bridgehead atoms. The first-order chi connectivity index (χ1) is 16.6. The van der Waals surface area contributed by atoms with Crippen LogP contribution in [0.4, 0.5) is 4.39 Å². The Labute approximate surface area is 203 Å². The van der Waals surface area contributed by atoms with Gasteiger partial charge in [0.15, 0.2) is 0 Å². The van der Waals surface area contributed by atoms with Crippen LogP contribution in [0.1, 0.15) is 45.3 Å². The molecule has 0 aliphatic carbocycles. The van der Waals surface area contributed by atoms with Gasteiger partial charge in [0.2, 0.25) is 5.91 Å². The summed E-state index contributed by atoms with van der Waals surface area (Å²) in [5.74, 6) is -2.11. The Morgan fingerprint density at radius 1 is 1.06 bits per heavy atom. The van der Waals surface area contributed by atoms with Crippen LogP contribution in [0, 0.1) is 5.82 Å². The zero-order valence-electron chi connectivity index (χ0n) is 20.0. The number of aliphatic hydroxyl groups excluding tert-OH is 2. The molecular weight excluding hydrogens is 451 g/mol. The van der Waals surface area contributed by atoms with Gasteiger partial charge in [0, 0.05) is 34.6 Å². The standard InChI is InChI=1S/C27H31FN2O5/c1-16(2)30-23-7-5-4-6-22(23)26(18-8-10-19(28)11-9-18)24(30)13-12-20(31)14-21(32)15-25(33)29-17(3)27(34)35/h4-13,16-17,20-21,31-32H,14-15H2,1-3H3,(H,29,33)(H,34,35)/b13-12+/t17?,20-,21-/m0/s1. The summed E-state index contributed by atoms with van der Waals surface area (Å²) >= 11 is 0. The highest BCUT2D eigenvalue weighted by atomic mass is 19.1. The molecule has 7 nitrogen and oxygen atoms in total. The molecule has 8 heteroatoms. The van der Waals surface area contributed by atoms with Crippen molar-refractivity contribution in [2.75, 3.05) is 0 Å². The number of halogens is 1. The van der Waals surface area contributed by atoms with Crippen LogP contribution in [0.15, 0.2) is 54.6 Å². The third kappa shape index (κ3) is 6.35. The van der Waals surface area contributed by atoms with Crippen LogP contribution in [0.3, 0.4) is 0 Å². The highest BCUT2D eigenvalue weighted by Crippen LogP contribution is 2.38. The first kappa shape index (κ1) is 26.1. The molecule has 0 spiro atoms. The lowest BCUT2D eigenvalue weighted by atomic mass is 10.0. The summed E-state index contributed by atoms with van der Waals surface area (Å²) in [6.07, 6.45) is 0.719. The van der Waals surface area contributed by atoms with E-state index in [0.717, 1.165) is 27.7 Å². The predicted octanol–water partition coefficient (Wildman–Crippen LogP) is 4.13. The van der Waals surface area contributed by atoms with Crippen molar-refractivity contribution in [1.82, 2.24) is 9.88 Å². The zero-order valence-corrected chi connectivity index (χ0v) is 20.0. The number of hydrogen-bond acceptors (Lipinski definition) is 4. The second-order valence-corrected chi connectivity index (χ2v) is 8.90. The first-order valence-electron chi connectivity index (χ1n) is 11.5. The van der Waals surface area contributed by atoms with E-state index in [1.54, 1.807) is 24.3 Å². The number of aliphatic hydroxyl groups is 2. The summed E-state index contributed by atoms with van der Waals surface area (Å²) in [5.41, 5.74) is 3.57. The fraction of sp³-hybridized carbons (Fsp3) is 0.333. The summed E-state index contributed by atoms with van der Waals surface area (Å²) in [7, 11) is 0. The molecular formula is C27H31FN2O5. The molecule has 0 fully saturated rings. The number of carbonyl (C=O) groups excluding carboxylic acids is 1. The van der Waals surface area contributed by atoms with Crippen molar-refractivity contribution >= 4 is 28.9 Å². The van der Waals surface area contributed by atoms with E-state index in [4.69, 9.17) is 5.11 Å². The molecule has 3 atom stereocenters. The van der Waals surface area contributed by atoms with E-state index in [-0.39, 0.29) is 24.7 Å². The maximum Gasteiger partial charge on any atom is 0.325 e. The minimum atomic E-state index is -1.17. The first-order valence-corrected chi connectivity index (χ1v) is 11.5. The van der Waals surface area contributed by atoms with Crippen molar-refractivity contribution in [1.29, 1.82) is 0 Å². The van der Waals surface area contributed by atoms with Gasteiger partial charge in [-0.25, -0.2) is 4.39 Å². The topological polar surface area (TPSA) is 112 Å². The van der Waals surface area contributed by atoms with Gasteiger partial charge in [0.05, 0.1) is 18.6 Å². The van der Waals surface area contributed by atoms with Crippen molar-refractivity contribution in [3.63, 3.8) is 0 Å². The Bertz CT molecular complexity index is 1220. The van der Waals surface area contributed by atoms with Gasteiger partial charge in [-0.05, 0) is 50.6 Å². The number of nitrogens with one attached hydrogen (secondary N) is 1. The number of carboxylic acids is 1. The van der Waals surface area contributed by atoms with Gasteiger partial charge in [-0.3, -0.25) is 9.59 Å².